The van der Waals surface area contributed by atoms with Crippen molar-refractivity contribution in [3.05, 3.63) is 29.3 Å². The summed E-state index contributed by atoms with van der Waals surface area (Å²) in [7, 11) is -2.62. The van der Waals surface area contributed by atoms with Gasteiger partial charge in [0.05, 0.1) is 15.2 Å². The topological polar surface area (TPSA) is 40.6 Å². The quantitative estimate of drug-likeness (QED) is 0.633. The second-order valence-electron chi connectivity index (χ2n) is 5.11. The number of aromatic nitrogens is 1. The molecule has 0 N–H and O–H groups in total. The summed E-state index contributed by atoms with van der Waals surface area (Å²) >= 11 is 1.74. The Kier molecular flexibility index (Phi) is 6.52. The summed E-state index contributed by atoms with van der Waals surface area (Å²) in [6.07, 6.45) is 0. The lowest BCUT2D eigenvalue weighted by Gasteiger charge is -2.30. The zero-order valence-corrected chi connectivity index (χ0v) is 15.6. The van der Waals surface area contributed by atoms with Crippen LogP contribution in [0.3, 0.4) is 0 Å². The highest BCUT2D eigenvalue weighted by molar-refractivity contribution is 7.18. The van der Waals surface area contributed by atoms with Gasteiger partial charge in [0, 0.05) is 31.8 Å². The minimum atomic E-state index is -2.62. The minimum Gasteiger partial charge on any atom is -0.374 e. The lowest BCUT2D eigenvalue weighted by atomic mass is 10.2. The van der Waals surface area contributed by atoms with E-state index in [0.717, 1.165) is 16.6 Å². The second kappa shape index (κ2) is 8.17. The molecular formula is C16H25NO3SSi. The van der Waals surface area contributed by atoms with Gasteiger partial charge in [-0.05, 0) is 32.9 Å². The SMILES string of the molecule is CCO[Si](CC(C)c1nc2ccccc2s1)(OCC)OCC. The molecule has 122 valence electrons. The molecule has 0 aliphatic heterocycles. The van der Waals surface area contributed by atoms with Crippen molar-refractivity contribution >= 4 is 30.4 Å². The molecule has 1 aromatic heterocycles. The van der Waals surface area contributed by atoms with Crippen LogP contribution in [-0.2, 0) is 13.3 Å². The van der Waals surface area contributed by atoms with E-state index in [0.29, 0.717) is 19.8 Å². The number of benzene rings is 1. The van der Waals surface area contributed by atoms with Gasteiger partial charge in [0.25, 0.3) is 0 Å². The van der Waals surface area contributed by atoms with Gasteiger partial charge in [0.15, 0.2) is 0 Å². The number of para-hydroxylation sites is 1. The van der Waals surface area contributed by atoms with E-state index in [9.17, 15) is 0 Å². The molecule has 1 unspecified atom stereocenters. The van der Waals surface area contributed by atoms with Gasteiger partial charge in [-0.15, -0.1) is 11.3 Å². The van der Waals surface area contributed by atoms with Crippen molar-refractivity contribution in [1.82, 2.24) is 4.98 Å². The van der Waals surface area contributed by atoms with Crippen molar-refractivity contribution < 1.29 is 13.3 Å². The molecule has 0 aliphatic carbocycles. The predicted octanol–water partition coefficient (Wildman–Crippen LogP) is 4.45. The van der Waals surface area contributed by atoms with E-state index >= 15 is 0 Å². The minimum absolute atomic E-state index is 0.258. The molecule has 1 heterocycles. The molecule has 0 radical (unpaired) electrons. The molecule has 0 amide bonds. The van der Waals surface area contributed by atoms with Crippen LogP contribution in [0.25, 0.3) is 10.2 Å². The van der Waals surface area contributed by atoms with Crippen LogP contribution in [0.4, 0.5) is 0 Å². The highest BCUT2D eigenvalue weighted by atomic mass is 32.1. The molecule has 0 saturated heterocycles. The number of hydrogen-bond acceptors (Lipinski definition) is 5. The molecule has 2 aromatic rings. The van der Waals surface area contributed by atoms with Crippen LogP contribution >= 0.6 is 11.3 Å². The number of nitrogens with zero attached hydrogens (tertiary/aromatic N) is 1. The first-order valence-electron chi connectivity index (χ1n) is 7.91. The smallest absolute Gasteiger partial charge is 0.374 e. The van der Waals surface area contributed by atoms with Crippen molar-refractivity contribution in [3.63, 3.8) is 0 Å². The van der Waals surface area contributed by atoms with Gasteiger partial charge < -0.3 is 13.3 Å². The number of hydrogen-bond donors (Lipinski definition) is 0. The molecule has 0 fully saturated rings. The van der Waals surface area contributed by atoms with Crippen LogP contribution in [0.2, 0.25) is 6.04 Å². The Bertz CT molecular complexity index is 540. The third-order valence-corrected chi connectivity index (χ3v) is 7.95. The van der Waals surface area contributed by atoms with Crippen LogP contribution in [0.15, 0.2) is 24.3 Å². The van der Waals surface area contributed by atoms with Gasteiger partial charge in [-0.2, -0.15) is 0 Å². The van der Waals surface area contributed by atoms with Gasteiger partial charge in [-0.3, -0.25) is 0 Å². The number of rotatable bonds is 9. The molecule has 0 aliphatic rings. The molecule has 4 nitrogen and oxygen atoms in total. The van der Waals surface area contributed by atoms with Gasteiger partial charge >= 0.3 is 8.80 Å². The van der Waals surface area contributed by atoms with Crippen molar-refractivity contribution in [2.24, 2.45) is 0 Å². The van der Waals surface area contributed by atoms with E-state index in [4.69, 9.17) is 18.3 Å². The zero-order valence-electron chi connectivity index (χ0n) is 13.8. The molecule has 0 saturated carbocycles. The summed E-state index contributed by atoms with van der Waals surface area (Å²) in [5, 5.41) is 1.12. The summed E-state index contributed by atoms with van der Waals surface area (Å²) in [5.41, 5.74) is 1.06. The molecule has 22 heavy (non-hydrogen) atoms. The van der Waals surface area contributed by atoms with E-state index in [2.05, 4.69) is 25.1 Å². The molecule has 6 heteroatoms. The summed E-state index contributed by atoms with van der Waals surface area (Å²) in [6.45, 7) is 9.97. The summed E-state index contributed by atoms with van der Waals surface area (Å²) in [5.74, 6) is 0.258. The summed E-state index contributed by atoms with van der Waals surface area (Å²) in [6, 6.07) is 9.01. The monoisotopic (exact) mass is 339 g/mol. The third kappa shape index (κ3) is 4.14. The van der Waals surface area contributed by atoms with Crippen LogP contribution < -0.4 is 0 Å². The van der Waals surface area contributed by atoms with Crippen molar-refractivity contribution in [2.75, 3.05) is 19.8 Å². The first kappa shape index (κ1) is 17.6. The highest BCUT2D eigenvalue weighted by Crippen LogP contribution is 2.33. The van der Waals surface area contributed by atoms with Crippen LogP contribution in [-0.4, -0.2) is 33.6 Å². The molecule has 2 rings (SSSR count). The number of fused-ring (bicyclic) bond motifs is 1. The zero-order chi connectivity index (χ0) is 16.0. The Morgan fingerprint density at radius 1 is 1.05 bits per heavy atom. The first-order valence-corrected chi connectivity index (χ1v) is 10.7. The standard InChI is InChI=1S/C16H25NO3SSi/c1-5-18-22(19-6-2,20-7-3)12-13(4)16-17-14-10-8-9-11-15(14)21-16/h8-11,13H,5-7,12H2,1-4H3. The third-order valence-electron chi connectivity index (χ3n) is 3.38. The summed E-state index contributed by atoms with van der Waals surface area (Å²) < 4.78 is 19.1. The molecule has 0 spiro atoms. The summed E-state index contributed by atoms with van der Waals surface area (Å²) in [4.78, 5) is 4.75. The van der Waals surface area contributed by atoms with E-state index in [1.807, 2.05) is 26.8 Å². The maximum Gasteiger partial charge on any atom is 0.501 e. The fourth-order valence-corrected chi connectivity index (χ4v) is 6.56. The fraction of sp³-hybridized carbons (Fsp3) is 0.562. The van der Waals surface area contributed by atoms with Crippen LogP contribution in [0, 0.1) is 0 Å². The maximum absolute atomic E-state index is 5.95. The molecular weight excluding hydrogens is 314 g/mol. The van der Waals surface area contributed by atoms with Crippen LogP contribution in [0.5, 0.6) is 0 Å². The average molecular weight is 340 g/mol. The lowest BCUT2D eigenvalue weighted by molar-refractivity contribution is 0.0699. The van der Waals surface area contributed by atoms with E-state index < -0.39 is 8.80 Å². The first-order chi connectivity index (χ1) is 10.6. The Labute approximate surface area is 137 Å². The molecule has 1 aromatic carbocycles. The van der Waals surface area contributed by atoms with Crippen molar-refractivity contribution in [3.8, 4) is 0 Å². The predicted molar refractivity (Wildman–Crippen MR) is 93.5 cm³/mol. The van der Waals surface area contributed by atoms with E-state index in [1.54, 1.807) is 11.3 Å². The number of thiazole rings is 1. The molecule has 1 atom stereocenters. The Morgan fingerprint density at radius 3 is 2.18 bits per heavy atom. The van der Waals surface area contributed by atoms with Gasteiger partial charge in [-0.1, -0.05) is 19.1 Å². The molecule has 0 bridgehead atoms. The van der Waals surface area contributed by atoms with Crippen molar-refractivity contribution in [1.29, 1.82) is 0 Å². The van der Waals surface area contributed by atoms with Crippen molar-refractivity contribution in [2.45, 2.75) is 39.7 Å². The fourth-order valence-electron chi connectivity index (χ4n) is 2.52. The van der Waals surface area contributed by atoms with Crippen LogP contribution in [0.1, 0.15) is 38.6 Å². The average Bonchev–Trinajstić information content (AvgIpc) is 2.92. The van der Waals surface area contributed by atoms with Gasteiger partial charge in [-0.25, -0.2) is 4.98 Å². The Morgan fingerprint density at radius 2 is 1.64 bits per heavy atom. The van der Waals surface area contributed by atoms with E-state index in [-0.39, 0.29) is 5.92 Å². The van der Waals surface area contributed by atoms with Gasteiger partial charge in [0.2, 0.25) is 0 Å². The Balaban J connectivity index is 2.20. The maximum atomic E-state index is 5.95. The van der Waals surface area contributed by atoms with Gasteiger partial charge in [0.1, 0.15) is 0 Å². The largest absolute Gasteiger partial charge is 0.501 e. The normalized spacial score (nSPS) is 13.6. The highest BCUT2D eigenvalue weighted by Gasteiger charge is 2.42. The van der Waals surface area contributed by atoms with E-state index in [1.165, 1.54) is 4.70 Å². The lowest BCUT2D eigenvalue weighted by Crippen LogP contribution is -2.46. The Hall–Kier alpha value is -0.793. The second-order valence-corrected chi connectivity index (χ2v) is 8.81.